The summed E-state index contributed by atoms with van der Waals surface area (Å²) in [5.74, 6) is 1.22. The zero-order chi connectivity index (χ0) is 18.7. The molecule has 4 heterocycles. The van der Waals surface area contributed by atoms with E-state index < -0.39 is 0 Å². The van der Waals surface area contributed by atoms with Gasteiger partial charge in [0, 0.05) is 57.6 Å². The lowest BCUT2D eigenvalue weighted by molar-refractivity contribution is -0.136. The van der Waals surface area contributed by atoms with Crippen molar-refractivity contribution in [1.82, 2.24) is 20.1 Å². The maximum atomic E-state index is 12.1. The predicted molar refractivity (Wildman–Crippen MR) is 102 cm³/mol. The van der Waals surface area contributed by atoms with Crippen molar-refractivity contribution in [2.24, 2.45) is 5.92 Å². The van der Waals surface area contributed by atoms with Crippen molar-refractivity contribution in [1.29, 1.82) is 0 Å². The Morgan fingerprint density at radius 1 is 1.41 bits per heavy atom. The molecule has 2 amide bonds. The summed E-state index contributed by atoms with van der Waals surface area (Å²) < 4.78 is 11.5. The summed E-state index contributed by atoms with van der Waals surface area (Å²) >= 11 is 0. The maximum Gasteiger partial charge on any atom is 0.317 e. The topological polar surface area (TPSA) is 66.9 Å². The third-order valence-corrected chi connectivity index (χ3v) is 6.18. The molecule has 4 rings (SSSR count). The van der Waals surface area contributed by atoms with Crippen LogP contribution in [0, 0.1) is 5.92 Å². The second-order valence-corrected chi connectivity index (χ2v) is 7.93. The quantitative estimate of drug-likeness (QED) is 0.824. The first-order chi connectivity index (χ1) is 13.2. The van der Waals surface area contributed by atoms with Crippen LogP contribution in [-0.4, -0.2) is 72.9 Å². The first kappa shape index (κ1) is 18.5. The number of carbonyl (C=O) groups is 1. The molecule has 0 aliphatic carbocycles. The van der Waals surface area contributed by atoms with Gasteiger partial charge in [0.2, 0.25) is 5.88 Å². The largest absolute Gasteiger partial charge is 0.481 e. The highest BCUT2D eigenvalue weighted by atomic mass is 16.5. The molecule has 1 N–H and O–H groups in total. The van der Waals surface area contributed by atoms with Gasteiger partial charge in [-0.05, 0) is 37.7 Å². The average Bonchev–Trinajstić information content (AvgIpc) is 3.32. The van der Waals surface area contributed by atoms with Crippen molar-refractivity contribution in [3.8, 4) is 5.88 Å². The maximum absolute atomic E-state index is 12.1. The number of ether oxygens (including phenoxy) is 2. The van der Waals surface area contributed by atoms with Gasteiger partial charge in [-0.2, -0.15) is 0 Å². The minimum Gasteiger partial charge on any atom is -0.481 e. The molecule has 0 aromatic carbocycles. The molecule has 3 saturated heterocycles. The fraction of sp³-hybridized carbons (Fsp3) is 0.700. The Hall–Kier alpha value is -1.86. The van der Waals surface area contributed by atoms with E-state index in [0.717, 1.165) is 77.1 Å². The molecule has 148 valence electrons. The first-order valence-corrected chi connectivity index (χ1v) is 10.1. The minimum absolute atomic E-state index is 0.0339. The number of pyridine rings is 1. The van der Waals surface area contributed by atoms with Gasteiger partial charge in [-0.25, -0.2) is 9.78 Å². The van der Waals surface area contributed by atoms with Gasteiger partial charge in [0.15, 0.2) is 0 Å². The highest BCUT2D eigenvalue weighted by Gasteiger charge is 2.52. The van der Waals surface area contributed by atoms with Crippen LogP contribution >= 0.6 is 0 Å². The number of likely N-dealkylation sites (tertiary alicyclic amines) is 2. The van der Waals surface area contributed by atoms with E-state index in [9.17, 15) is 4.79 Å². The van der Waals surface area contributed by atoms with Crippen LogP contribution in [0.1, 0.15) is 31.2 Å². The number of hydrogen-bond donors (Lipinski definition) is 1. The molecule has 3 aliphatic heterocycles. The lowest BCUT2D eigenvalue weighted by Gasteiger charge is -2.50. The average molecular weight is 374 g/mol. The van der Waals surface area contributed by atoms with E-state index >= 15 is 0 Å². The Labute approximate surface area is 161 Å². The number of hydrogen-bond acceptors (Lipinski definition) is 5. The molecule has 1 unspecified atom stereocenters. The number of nitrogens with zero attached hydrogens (tertiary/aromatic N) is 3. The predicted octanol–water partition coefficient (Wildman–Crippen LogP) is 1.88. The second-order valence-electron chi connectivity index (χ2n) is 7.93. The third kappa shape index (κ3) is 3.89. The molecule has 0 saturated carbocycles. The van der Waals surface area contributed by atoms with Gasteiger partial charge < -0.3 is 19.7 Å². The van der Waals surface area contributed by atoms with Crippen LogP contribution < -0.4 is 10.1 Å². The van der Waals surface area contributed by atoms with Crippen LogP contribution in [0.5, 0.6) is 5.88 Å². The third-order valence-electron chi connectivity index (χ3n) is 6.18. The molecule has 0 bridgehead atoms. The van der Waals surface area contributed by atoms with Crippen molar-refractivity contribution in [3.05, 3.63) is 23.9 Å². The summed E-state index contributed by atoms with van der Waals surface area (Å²) in [5, 5.41) is 3.10. The molecule has 3 aliphatic rings. The summed E-state index contributed by atoms with van der Waals surface area (Å²) in [6.45, 7) is 6.08. The standard InChI is InChI=1S/C20H30N4O3/c1-26-18-16(5-4-8-21-18)13-23-14-20(15-23)17(7-12-27-20)6-9-22-19(25)24-10-2-3-11-24/h4-5,8,17H,2-3,6-7,9-15H2,1H3,(H,22,25). The Balaban J connectivity index is 1.25. The molecular weight excluding hydrogens is 344 g/mol. The highest BCUT2D eigenvalue weighted by Crippen LogP contribution is 2.42. The van der Waals surface area contributed by atoms with E-state index in [1.54, 1.807) is 13.3 Å². The Kier molecular flexibility index (Phi) is 5.50. The van der Waals surface area contributed by atoms with Gasteiger partial charge in [-0.1, -0.05) is 6.07 Å². The van der Waals surface area contributed by atoms with Gasteiger partial charge in [0.05, 0.1) is 12.7 Å². The monoisotopic (exact) mass is 374 g/mol. The van der Waals surface area contributed by atoms with Crippen LogP contribution in [-0.2, 0) is 11.3 Å². The van der Waals surface area contributed by atoms with Gasteiger partial charge in [0.25, 0.3) is 0 Å². The molecule has 7 nitrogen and oxygen atoms in total. The summed E-state index contributed by atoms with van der Waals surface area (Å²) in [6.07, 6.45) is 6.09. The second kappa shape index (κ2) is 8.02. The molecule has 1 aromatic heterocycles. The fourth-order valence-electron chi connectivity index (χ4n) is 4.72. The zero-order valence-electron chi connectivity index (χ0n) is 16.2. The van der Waals surface area contributed by atoms with E-state index in [4.69, 9.17) is 9.47 Å². The summed E-state index contributed by atoms with van der Waals surface area (Å²) in [7, 11) is 1.66. The molecule has 7 heteroatoms. The van der Waals surface area contributed by atoms with Crippen LogP contribution in [0.15, 0.2) is 18.3 Å². The minimum atomic E-state index is -0.0339. The number of methoxy groups -OCH3 is 1. The molecule has 1 atom stereocenters. The molecular formula is C20H30N4O3. The van der Waals surface area contributed by atoms with Gasteiger partial charge in [0.1, 0.15) is 0 Å². The number of amides is 2. The number of carbonyl (C=O) groups excluding carboxylic acids is 1. The van der Waals surface area contributed by atoms with Crippen LogP contribution in [0.2, 0.25) is 0 Å². The lowest BCUT2D eigenvalue weighted by Crippen LogP contribution is -2.64. The first-order valence-electron chi connectivity index (χ1n) is 10.1. The molecule has 0 radical (unpaired) electrons. The van der Waals surface area contributed by atoms with Crippen molar-refractivity contribution in [2.45, 2.75) is 37.8 Å². The molecule has 1 spiro atoms. The number of rotatable bonds is 6. The van der Waals surface area contributed by atoms with Gasteiger partial charge in [-0.15, -0.1) is 0 Å². The van der Waals surface area contributed by atoms with Crippen LogP contribution in [0.4, 0.5) is 4.79 Å². The SMILES string of the molecule is COc1ncccc1CN1CC2(C1)OCCC2CCNC(=O)N1CCCC1. The smallest absolute Gasteiger partial charge is 0.317 e. The van der Waals surface area contributed by atoms with E-state index in [0.29, 0.717) is 11.8 Å². The summed E-state index contributed by atoms with van der Waals surface area (Å²) in [4.78, 5) is 20.7. The summed E-state index contributed by atoms with van der Waals surface area (Å²) in [6, 6.07) is 4.11. The van der Waals surface area contributed by atoms with Gasteiger partial charge >= 0.3 is 6.03 Å². The van der Waals surface area contributed by atoms with Crippen molar-refractivity contribution in [3.63, 3.8) is 0 Å². The molecule has 1 aromatic rings. The van der Waals surface area contributed by atoms with Crippen molar-refractivity contribution < 1.29 is 14.3 Å². The van der Waals surface area contributed by atoms with Crippen LogP contribution in [0.25, 0.3) is 0 Å². The molecule has 27 heavy (non-hydrogen) atoms. The van der Waals surface area contributed by atoms with Crippen molar-refractivity contribution in [2.75, 3.05) is 46.4 Å². The van der Waals surface area contributed by atoms with Crippen LogP contribution in [0.3, 0.4) is 0 Å². The van der Waals surface area contributed by atoms with Crippen molar-refractivity contribution >= 4 is 6.03 Å². The number of nitrogens with one attached hydrogen (secondary N) is 1. The normalized spacial score (nSPS) is 24.2. The fourth-order valence-corrected chi connectivity index (χ4v) is 4.72. The lowest BCUT2D eigenvalue weighted by atomic mass is 9.79. The molecule has 3 fully saturated rings. The van der Waals surface area contributed by atoms with E-state index in [1.807, 2.05) is 11.0 Å². The van der Waals surface area contributed by atoms with E-state index in [-0.39, 0.29) is 11.6 Å². The Morgan fingerprint density at radius 2 is 2.22 bits per heavy atom. The van der Waals surface area contributed by atoms with Gasteiger partial charge in [-0.3, -0.25) is 4.90 Å². The Bertz CT molecular complexity index is 656. The number of urea groups is 1. The highest BCUT2D eigenvalue weighted by molar-refractivity contribution is 5.74. The summed E-state index contributed by atoms with van der Waals surface area (Å²) in [5.41, 5.74) is 1.08. The van der Waals surface area contributed by atoms with E-state index in [2.05, 4.69) is 21.3 Å². The zero-order valence-corrected chi connectivity index (χ0v) is 16.2. The van der Waals surface area contributed by atoms with E-state index in [1.165, 1.54) is 0 Å². The number of aromatic nitrogens is 1. The Morgan fingerprint density at radius 3 is 3.00 bits per heavy atom.